The molecule has 0 saturated carbocycles. The predicted octanol–water partition coefficient (Wildman–Crippen LogP) is 4.44. The Morgan fingerprint density at radius 1 is 0.778 bits per heavy atom. The maximum Gasteiger partial charge on any atom is 0.342 e. The number of halogens is 1. The third-order valence-electron chi connectivity index (χ3n) is 3.85. The Bertz CT molecular complexity index is 938. The number of para-hydroxylation sites is 1. The molecule has 0 bridgehead atoms. The Hall–Kier alpha value is -3.47. The van der Waals surface area contributed by atoms with E-state index in [2.05, 4.69) is 0 Å². The molecule has 0 saturated heterocycles. The van der Waals surface area contributed by atoms with Crippen LogP contribution in [0.1, 0.15) is 26.3 Å². The lowest BCUT2D eigenvalue weighted by molar-refractivity contribution is 0.0469. The SMILES string of the molecule is O=C(COC(=O)c1ccccc1OCc1ccccc1)c1ccccc1F. The fraction of sp³-hybridized carbons (Fsp3) is 0.0909. The van der Waals surface area contributed by atoms with E-state index in [-0.39, 0.29) is 11.1 Å². The molecule has 0 atom stereocenters. The summed E-state index contributed by atoms with van der Waals surface area (Å²) >= 11 is 0. The minimum atomic E-state index is -0.705. The van der Waals surface area contributed by atoms with Crippen molar-refractivity contribution in [3.8, 4) is 5.75 Å². The van der Waals surface area contributed by atoms with Gasteiger partial charge >= 0.3 is 5.97 Å². The molecule has 0 aliphatic rings. The molecule has 3 aromatic carbocycles. The standard InChI is InChI=1S/C22H17FO4/c23-19-12-6-4-10-17(19)20(24)15-27-22(25)18-11-5-7-13-21(18)26-14-16-8-2-1-3-9-16/h1-13H,14-15H2. The normalized spacial score (nSPS) is 10.3. The zero-order valence-corrected chi connectivity index (χ0v) is 14.4. The quantitative estimate of drug-likeness (QED) is 0.459. The highest BCUT2D eigenvalue weighted by Gasteiger charge is 2.17. The van der Waals surface area contributed by atoms with Crippen LogP contribution in [-0.2, 0) is 11.3 Å². The lowest BCUT2D eigenvalue weighted by atomic mass is 10.1. The van der Waals surface area contributed by atoms with Gasteiger partial charge in [0, 0.05) is 0 Å². The summed E-state index contributed by atoms with van der Waals surface area (Å²) in [6.07, 6.45) is 0. The molecule has 136 valence electrons. The first-order valence-electron chi connectivity index (χ1n) is 8.36. The van der Waals surface area contributed by atoms with Crippen LogP contribution in [0.15, 0.2) is 78.9 Å². The van der Waals surface area contributed by atoms with E-state index in [0.29, 0.717) is 12.4 Å². The van der Waals surface area contributed by atoms with E-state index in [1.54, 1.807) is 30.3 Å². The van der Waals surface area contributed by atoms with Crippen molar-refractivity contribution in [2.24, 2.45) is 0 Å². The van der Waals surface area contributed by atoms with Crippen LogP contribution in [0.3, 0.4) is 0 Å². The Kier molecular flexibility index (Phi) is 5.94. The first-order chi connectivity index (χ1) is 13.1. The predicted molar refractivity (Wildman–Crippen MR) is 98.2 cm³/mol. The van der Waals surface area contributed by atoms with E-state index in [1.807, 2.05) is 30.3 Å². The summed E-state index contributed by atoms with van der Waals surface area (Å²) in [6.45, 7) is -0.258. The molecule has 0 spiro atoms. The van der Waals surface area contributed by atoms with E-state index in [9.17, 15) is 14.0 Å². The molecule has 0 fully saturated rings. The van der Waals surface area contributed by atoms with Crippen molar-refractivity contribution in [1.29, 1.82) is 0 Å². The number of esters is 1. The highest BCUT2D eigenvalue weighted by molar-refractivity contribution is 6.00. The van der Waals surface area contributed by atoms with Crippen LogP contribution in [0.25, 0.3) is 0 Å². The largest absolute Gasteiger partial charge is 0.488 e. The van der Waals surface area contributed by atoms with Gasteiger partial charge in [-0.1, -0.05) is 54.6 Å². The average Bonchev–Trinajstić information content (AvgIpc) is 2.71. The molecular weight excluding hydrogens is 347 g/mol. The number of rotatable bonds is 7. The first kappa shape index (κ1) is 18.3. The minimum Gasteiger partial charge on any atom is -0.488 e. The Labute approximate surface area is 156 Å². The van der Waals surface area contributed by atoms with Gasteiger partial charge in [-0.15, -0.1) is 0 Å². The van der Waals surface area contributed by atoms with Gasteiger partial charge in [-0.2, -0.15) is 0 Å². The van der Waals surface area contributed by atoms with Crippen molar-refractivity contribution in [1.82, 2.24) is 0 Å². The van der Waals surface area contributed by atoms with Crippen LogP contribution < -0.4 is 4.74 Å². The maximum absolute atomic E-state index is 13.6. The first-order valence-corrected chi connectivity index (χ1v) is 8.36. The molecule has 0 aromatic heterocycles. The number of hydrogen-bond donors (Lipinski definition) is 0. The monoisotopic (exact) mass is 364 g/mol. The lowest BCUT2D eigenvalue weighted by Gasteiger charge is -2.11. The number of Topliss-reactive ketones (excluding diaryl/α,β-unsaturated/α-hetero) is 1. The second-order valence-electron chi connectivity index (χ2n) is 5.75. The van der Waals surface area contributed by atoms with Gasteiger partial charge in [-0.05, 0) is 29.8 Å². The molecule has 5 heteroatoms. The number of carbonyl (C=O) groups is 2. The molecule has 0 radical (unpaired) electrons. The van der Waals surface area contributed by atoms with Gasteiger partial charge in [-0.25, -0.2) is 9.18 Å². The van der Waals surface area contributed by atoms with Crippen molar-refractivity contribution in [3.63, 3.8) is 0 Å². The molecule has 27 heavy (non-hydrogen) atoms. The molecule has 4 nitrogen and oxygen atoms in total. The highest BCUT2D eigenvalue weighted by atomic mass is 19.1. The van der Waals surface area contributed by atoms with E-state index < -0.39 is 24.2 Å². The van der Waals surface area contributed by atoms with Crippen molar-refractivity contribution < 1.29 is 23.5 Å². The van der Waals surface area contributed by atoms with Crippen molar-refractivity contribution in [2.75, 3.05) is 6.61 Å². The van der Waals surface area contributed by atoms with Crippen molar-refractivity contribution in [3.05, 3.63) is 101 Å². The summed E-state index contributed by atoms with van der Waals surface area (Å²) in [5, 5.41) is 0. The second-order valence-corrected chi connectivity index (χ2v) is 5.75. The van der Waals surface area contributed by atoms with E-state index >= 15 is 0 Å². The fourth-order valence-corrected chi connectivity index (χ4v) is 2.47. The van der Waals surface area contributed by atoms with Crippen LogP contribution in [-0.4, -0.2) is 18.4 Å². The lowest BCUT2D eigenvalue weighted by Crippen LogP contribution is -2.16. The molecule has 3 aromatic rings. The zero-order chi connectivity index (χ0) is 19.1. The molecule has 0 heterocycles. The Morgan fingerprint density at radius 3 is 2.15 bits per heavy atom. The van der Waals surface area contributed by atoms with Crippen LogP contribution >= 0.6 is 0 Å². The number of hydrogen-bond acceptors (Lipinski definition) is 4. The van der Waals surface area contributed by atoms with Crippen molar-refractivity contribution in [2.45, 2.75) is 6.61 Å². The topological polar surface area (TPSA) is 52.6 Å². The van der Waals surface area contributed by atoms with Crippen LogP contribution in [0.4, 0.5) is 4.39 Å². The van der Waals surface area contributed by atoms with Gasteiger partial charge in [0.05, 0.1) is 5.56 Å². The van der Waals surface area contributed by atoms with Gasteiger partial charge in [0.25, 0.3) is 0 Å². The van der Waals surface area contributed by atoms with E-state index in [1.165, 1.54) is 18.2 Å². The molecule has 3 rings (SSSR count). The van der Waals surface area contributed by atoms with Gasteiger partial charge in [-0.3, -0.25) is 4.79 Å². The van der Waals surface area contributed by atoms with Gasteiger partial charge in [0.15, 0.2) is 6.61 Å². The number of carbonyl (C=O) groups excluding carboxylic acids is 2. The van der Waals surface area contributed by atoms with Gasteiger partial charge in [0.1, 0.15) is 23.7 Å². The summed E-state index contributed by atoms with van der Waals surface area (Å²) < 4.78 is 24.4. The second kappa shape index (κ2) is 8.76. The van der Waals surface area contributed by atoms with Gasteiger partial charge < -0.3 is 9.47 Å². The number of ketones is 1. The Morgan fingerprint density at radius 2 is 1.41 bits per heavy atom. The molecule has 0 amide bonds. The molecular formula is C22H17FO4. The minimum absolute atomic E-state index is 0.112. The highest BCUT2D eigenvalue weighted by Crippen LogP contribution is 2.20. The summed E-state index contributed by atoms with van der Waals surface area (Å²) in [5.41, 5.74) is 1.05. The van der Waals surface area contributed by atoms with Crippen molar-refractivity contribution >= 4 is 11.8 Å². The smallest absolute Gasteiger partial charge is 0.342 e. The van der Waals surface area contributed by atoms with E-state index in [4.69, 9.17) is 9.47 Å². The summed E-state index contributed by atoms with van der Waals surface area (Å²) in [5.74, 6) is -1.61. The third-order valence-corrected chi connectivity index (χ3v) is 3.85. The average molecular weight is 364 g/mol. The van der Waals surface area contributed by atoms with Crippen LogP contribution in [0, 0.1) is 5.82 Å². The molecule has 0 aliphatic carbocycles. The summed E-state index contributed by atoms with van der Waals surface area (Å²) in [7, 11) is 0. The molecule has 0 N–H and O–H groups in total. The number of ether oxygens (including phenoxy) is 2. The maximum atomic E-state index is 13.6. The van der Waals surface area contributed by atoms with Crippen LogP contribution in [0.2, 0.25) is 0 Å². The fourth-order valence-electron chi connectivity index (χ4n) is 2.47. The number of benzene rings is 3. The Balaban J connectivity index is 1.65. The summed E-state index contributed by atoms with van der Waals surface area (Å²) in [6, 6.07) is 21.7. The zero-order valence-electron chi connectivity index (χ0n) is 14.4. The third kappa shape index (κ3) is 4.79. The molecule has 0 unspecified atom stereocenters. The van der Waals surface area contributed by atoms with Gasteiger partial charge in [0.2, 0.25) is 5.78 Å². The van der Waals surface area contributed by atoms with E-state index in [0.717, 1.165) is 5.56 Å². The van der Waals surface area contributed by atoms with Crippen LogP contribution in [0.5, 0.6) is 5.75 Å². The summed E-state index contributed by atoms with van der Waals surface area (Å²) in [4.78, 5) is 24.4. The molecule has 0 aliphatic heterocycles.